The molecule has 3 rings (SSSR count). The SMILES string of the molecule is CC(C)CN1CCOC(CNC(=NCc2ccn[nH]2)Nc2ccc(OC(C)C)cc2)C1. The van der Waals surface area contributed by atoms with Crippen molar-refractivity contribution in [2.24, 2.45) is 10.9 Å². The van der Waals surface area contributed by atoms with Crippen LogP contribution < -0.4 is 15.4 Å². The molecule has 8 nitrogen and oxygen atoms in total. The summed E-state index contributed by atoms with van der Waals surface area (Å²) in [5.41, 5.74) is 1.90. The van der Waals surface area contributed by atoms with Gasteiger partial charge in [0.25, 0.3) is 0 Å². The van der Waals surface area contributed by atoms with Crippen molar-refractivity contribution in [2.75, 3.05) is 38.1 Å². The number of nitrogens with one attached hydrogen (secondary N) is 3. The van der Waals surface area contributed by atoms with Gasteiger partial charge in [-0.25, -0.2) is 4.99 Å². The largest absolute Gasteiger partial charge is 0.491 e. The van der Waals surface area contributed by atoms with Crippen molar-refractivity contribution in [3.05, 3.63) is 42.2 Å². The highest BCUT2D eigenvalue weighted by atomic mass is 16.5. The molecule has 31 heavy (non-hydrogen) atoms. The number of hydrogen-bond donors (Lipinski definition) is 3. The van der Waals surface area contributed by atoms with Crippen LogP contribution in [0.1, 0.15) is 33.4 Å². The van der Waals surface area contributed by atoms with E-state index >= 15 is 0 Å². The Balaban J connectivity index is 1.60. The van der Waals surface area contributed by atoms with Gasteiger partial charge in [0, 0.05) is 38.1 Å². The van der Waals surface area contributed by atoms with E-state index in [-0.39, 0.29) is 12.2 Å². The monoisotopic (exact) mass is 428 g/mol. The van der Waals surface area contributed by atoms with Gasteiger partial charge in [-0.2, -0.15) is 5.10 Å². The highest BCUT2D eigenvalue weighted by molar-refractivity contribution is 5.93. The second-order valence-corrected chi connectivity index (χ2v) is 8.59. The third kappa shape index (κ3) is 8.22. The Hall–Kier alpha value is -2.58. The fourth-order valence-electron chi connectivity index (χ4n) is 3.50. The summed E-state index contributed by atoms with van der Waals surface area (Å²) in [5.74, 6) is 2.21. The summed E-state index contributed by atoms with van der Waals surface area (Å²) >= 11 is 0. The number of ether oxygens (including phenoxy) is 2. The van der Waals surface area contributed by atoms with Crippen molar-refractivity contribution in [3.8, 4) is 5.75 Å². The normalized spacial score (nSPS) is 17.9. The standard InChI is InChI=1S/C23H36N6O2/c1-17(2)15-29-11-12-30-22(16-29)14-25-23(24-13-20-9-10-26-28-20)27-19-5-7-21(8-6-19)31-18(3)4/h5-10,17-18,22H,11-16H2,1-4H3,(H,26,28)(H2,24,25,27). The number of guanidine groups is 1. The molecule has 1 unspecified atom stereocenters. The maximum atomic E-state index is 5.97. The lowest BCUT2D eigenvalue weighted by Crippen LogP contribution is -2.49. The molecule has 1 aliphatic rings. The van der Waals surface area contributed by atoms with Crippen molar-refractivity contribution in [3.63, 3.8) is 0 Å². The van der Waals surface area contributed by atoms with Gasteiger partial charge in [-0.1, -0.05) is 13.8 Å². The van der Waals surface area contributed by atoms with Crippen LogP contribution in [-0.4, -0.2) is 66.1 Å². The fraction of sp³-hybridized carbons (Fsp3) is 0.565. The molecule has 0 bridgehead atoms. The number of aromatic amines is 1. The number of hydrogen-bond acceptors (Lipinski definition) is 5. The smallest absolute Gasteiger partial charge is 0.196 e. The second-order valence-electron chi connectivity index (χ2n) is 8.59. The zero-order chi connectivity index (χ0) is 22.1. The van der Waals surface area contributed by atoms with Crippen LogP contribution in [0.3, 0.4) is 0 Å². The van der Waals surface area contributed by atoms with Crippen LogP contribution in [0.15, 0.2) is 41.5 Å². The van der Waals surface area contributed by atoms with Crippen LogP contribution in [0, 0.1) is 5.92 Å². The van der Waals surface area contributed by atoms with Gasteiger partial charge in [0.2, 0.25) is 0 Å². The van der Waals surface area contributed by atoms with Gasteiger partial charge in [0.15, 0.2) is 5.96 Å². The van der Waals surface area contributed by atoms with Gasteiger partial charge in [-0.15, -0.1) is 0 Å². The molecule has 1 aromatic carbocycles. The predicted molar refractivity (Wildman–Crippen MR) is 125 cm³/mol. The van der Waals surface area contributed by atoms with Crippen molar-refractivity contribution >= 4 is 11.6 Å². The van der Waals surface area contributed by atoms with Crippen LogP contribution >= 0.6 is 0 Å². The lowest BCUT2D eigenvalue weighted by molar-refractivity contribution is -0.0283. The van der Waals surface area contributed by atoms with E-state index in [4.69, 9.17) is 14.5 Å². The third-order valence-electron chi connectivity index (χ3n) is 4.80. The Morgan fingerprint density at radius 3 is 2.74 bits per heavy atom. The van der Waals surface area contributed by atoms with Crippen LogP contribution in [0.25, 0.3) is 0 Å². The van der Waals surface area contributed by atoms with Gasteiger partial charge < -0.3 is 20.1 Å². The first-order valence-electron chi connectivity index (χ1n) is 11.1. The van der Waals surface area contributed by atoms with Gasteiger partial charge in [0.1, 0.15) is 5.75 Å². The summed E-state index contributed by atoms with van der Waals surface area (Å²) in [7, 11) is 0. The number of H-pyrrole nitrogens is 1. The summed E-state index contributed by atoms with van der Waals surface area (Å²) in [6.07, 6.45) is 2.02. The van der Waals surface area contributed by atoms with Gasteiger partial charge in [-0.05, 0) is 50.1 Å². The molecule has 0 amide bonds. The molecule has 1 fully saturated rings. The van der Waals surface area contributed by atoms with E-state index in [0.717, 1.165) is 43.4 Å². The van der Waals surface area contributed by atoms with Crippen LogP contribution in [0.4, 0.5) is 5.69 Å². The van der Waals surface area contributed by atoms with Crippen molar-refractivity contribution in [1.82, 2.24) is 20.4 Å². The third-order valence-corrected chi connectivity index (χ3v) is 4.80. The van der Waals surface area contributed by atoms with Crippen molar-refractivity contribution in [2.45, 2.75) is 46.4 Å². The summed E-state index contributed by atoms with van der Waals surface area (Å²) in [5, 5.41) is 13.8. The van der Waals surface area contributed by atoms with Gasteiger partial charge in [0.05, 0.1) is 31.1 Å². The van der Waals surface area contributed by atoms with E-state index < -0.39 is 0 Å². The zero-order valence-electron chi connectivity index (χ0n) is 19.1. The Labute approximate surface area is 185 Å². The molecule has 1 aromatic heterocycles. The molecular formula is C23H36N6O2. The van der Waals surface area contributed by atoms with Crippen LogP contribution in [0.5, 0.6) is 5.75 Å². The van der Waals surface area contributed by atoms with E-state index in [1.807, 2.05) is 44.2 Å². The molecule has 2 heterocycles. The van der Waals surface area contributed by atoms with Crippen LogP contribution in [-0.2, 0) is 11.3 Å². The first-order valence-corrected chi connectivity index (χ1v) is 11.1. The zero-order valence-corrected chi connectivity index (χ0v) is 19.1. The molecule has 1 atom stereocenters. The van der Waals surface area contributed by atoms with E-state index in [1.165, 1.54) is 0 Å². The number of benzene rings is 1. The highest BCUT2D eigenvalue weighted by Crippen LogP contribution is 2.17. The Morgan fingerprint density at radius 1 is 1.26 bits per heavy atom. The molecule has 3 N–H and O–H groups in total. The molecule has 0 saturated carbocycles. The minimum Gasteiger partial charge on any atom is -0.491 e. The van der Waals surface area contributed by atoms with E-state index in [2.05, 4.69) is 39.6 Å². The van der Waals surface area contributed by atoms with Gasteiger partial charge in [-0.3, -0.25) is 10.00 Å². The Bertz CT molecular complexity index is 789. The van der Waals surface area contributed by atoms with E-state index in [1.54, 1.807) is 6.20 Å². The summed E-state index contributed by atoms with van der Waals surface area (Å²) < 4.78 is 11.7. The number of aromatic nitrogens is 2. The van der Waals surface area contributed by atoms with E-state index in [9.17, 15) is 0 Å². The summed E-state index contributed by atoms with van der Waals surface area (Å²) in [4.78, 5) is 7.18. The number of aliphatic imine (C=N–C) groups is 1. The molecule has 170 valence electrons. The summed E-state index contributed by atoms with van der Waals surface area (Å²) in [6, 6.07) is 9.83. The molecule has 1 aliphatic heterocycles. The number of nitrogens with zero attached hydrogens (tertiary/aromatic N) is 3. The lowest BCUT2D eigenvalue weighted by atomic mass is 10.2. The molecule has 0 spiro atoms. The minimum atomic E-state index is 0.133. The Kier molecular flexibility index (Phi) is 8.73. The molecule has 0 radical (unpaired) electrons. The van der Waals surface area contributed by atoms with Crippen LogP contribution in [0.2, 0.25) is 0 Å². The highest BCUT2D eigenvalue weighted by Gasteiger charge is 2.21. The van der Waals surface area contributed by atoms with Gasteiger partial charge >= 0.3 is 0 Å². The lowest BCUT2D eigenvalue weighted by Gasteiger charge is -2.34. The molecule has 2 aromatic rings. The molecule has 0 aliphatic carbocycles. The average molecular weight is 429 g/mol. The minimum absolute atomic E-state index is 0.133. The molecule has 1 saturated heterocycles. The van der Waals surface area contributed by atoms with Crippen molar-refractivity contribution in [1.29, 1.82) is 0 Å². The average Bonchev–Trinajstić information content (AvgIpc) is 3.24. The summed E-state index contributed by atoms with van der Waals surface area (Å²) in [6.45, 7) is 13.5. The number of rotatable bonds is 9. The molecule has 8 heteroatoms. The number of morpholine rings is 1. The number of anilines is 1. The van der Waals surface area contributed by atoms with Crippen molar-refractivity contribution < 1.29 is 9.47 Å². The maximum Gasteiger partial charge on any atom is 0.196 e. The second kappa shape index (κ2) is 11.7. The fourth-order valence-corrected chi connectivity index (χ4v) is 3.50. The topological polar surface area (TPSA) is 86.8 Å². The quantitative estimate of drug-likeness (QED) is 0.420. The maximum absolute atomic E-state index is 5.97. The first kappa shape index (κ1) is 23.1. The Morgan fingerprint density at radius 2 is 2.06 bits per heavy atom. The first-order chi connectivity index (χ1) is 15.0. The van der Waals surface area contributed by atoms with E-state index in [0.29, 0.717) is 25.0 Å². The predicted octanol–water partition coefficient (Wildman–Crippen LogP) is 3.11. The molecular weight excluding hydrogens is 392 g/mol.